The maximum atomic E-state index is 8.84. The van der Waals surface area contributed by atoms with Gasteiger partial charge in [0.25, 0.3) is 0 Å². The van der Waals surface area contributed by atoms with Crippen molar-refractivity contribution in [2.24, 2.45) is 5.92 Å². The maximum absolute atomic E-state index is 8.84. The van der Waals surface area contributed by atoms with Crippen LogP contribution in [-0.4, -0.2) is 30.4 Å². The van der Waals surface area contributed by atoms with Crippen LogP contribution in [0, 0.1) is 19.8 Å². The SMILES string of the molecule is COc1c(C)cnc(CNCC(C)CCO)c1C. The third-order valence-electron chi connectivity index (χ3n) is 3.16. The van der Waals surface area contributed by atoms with Gasteiger partial charge in [-0.05, 0) is 32.7 Å². The summed E-state index contributed by atoms with van der Waals surface area (Å²) in [5, 5.41) is 12.2. The zero-order chi connectivity index (χ0) is 13.5. The Morgan fingerprint density at radius 1 is 1.44 bits per heavy atom. The van der Waals surface area contributed by atoms with Crippen molar-refractivity contribution < 1.29 is 9.84 Å². The fourth-order valence-corrected chi connectivity index (χ4v) is 2.01. The Morgan fingerprint density at radius 3 is 2.78 bits per heavy atom. The highest BCUT2D eigenvalue weighted by Crippen LogP contribution is 2.23. The zero-order valence-electron chi connectivity index (χ0n) is 11.8. The van der Waals surface area contributed by atoms with E-state index in [2.05, 4.69) is 17.2 Å². The van der Waals surface area contributed by atoms with Gasteiger partial charge >= 0.3 is 0 Å². The Bertz CT molecular complexity index is 380. The monoisotopic (exact) mass is 252 g/mol. The molecule has 1 unspecified atom stereocenters. The maximum Gasteiger partial charge on any atom is 0.128 e. The molecule has 0 amide bonds. The molecule has 0 aromatic carbocycles. The standard InChI is InChI=1S/C14H24N2O2/c1-10(5-6-17)7-15-9-13-12(3)14(18-4)11(2)8-16-13/h8,10,15,17H,5-7,9H2,1-4H3. The van der Waals surface area contributed by atoms with E-state index in [1.54, 1.807) is 7.11 Å². The van der Waals surface area contributed by atoms with Crippen LogP contribution in [0.5, 0.6) is 5.75 Å². The molecule has 18 heavy (non-hydrogen) atoms. The molecule has 1 heterocycles. The van der Waals surface area contributed by atoms with Crippen molar-refractivity contribution in [2.45, 2.75) is 33.7 Å². The first-order chi connectivity index (χ1) is 8.60. The second-order valence-electron chi connectivity index (χ2n) is 4.79. The van der Waals surface area contributed by atoms with Crippen LogP contribution in [0.25, 0.3) is 0 Å². The van der Waals surface area contributed by atoms with Crippen LogP contribution in [0.4, 0.5) is 0 Å². The van der Waals surface area contributed by atoms with E-state index in [1.807, 2.05) is 20.0 Å². The smallest absolute Gasteiger partial charge is 0.128 e. The first-order valence-electron chi connectivity index (χ1n) is 6.40. The van der Waals surface area contributed by atoms with E-state index in [4.69, 9.17) is 9.84 Å². The summed E-state index contributed by atoms with van der Waals surface area (Å²) in [5.41, 5.74) is 3.18. The number of nitrogens with zero attached hydrogens (tertiary/aromatic N) is 1. The molecule has 0 bridgehead atoms. The summed E-state index contributed by atoms with van der Waals surface area (Å²) < 4.78 is 5.38. The van der Waals surface area contributed by atoms with E-state index in [1.165, 1.54) is 0 Å². The number of rotatable bonds is 7. The van der Waals surface area contributed by atoms with Crippen molar-refractivity contribution in [3.05, 3.63) is 23.0 Å². The number of ether oxygens (including phenoxy) is 1. The molecule has 2 N–H and O–H groups in total. The Morgan fingerprint density at radius 2 is 2.17 bits per heavy atom. The van der Waals surface area contributed by atoms with Crippen LogP contribution in [0.2, 0.25) is 0 Å². The molecule has 4 nitrogen and oxygen atoms in total. The largest absolute Gasteiger partial charge is 0.496 e. The van der Waals surface area contributed by atoms with Crippen LogP contribution >= 0.6 is 0 Å². The van der Waals surface area contributed by atoms with Crippen molar-refractivity contribution in [1.29, 1.82) is 0 Å². The number of hydrogen-bond donors (Lipinski definition) is 2. The number of aliphatic hydroxyl groups excluding tert-OH is 1. The third kappa shape index (κ3) is 3.96. The molecule has 0 aliphatic rings. The van der Waals surface area contributed by atoms with Gasteiger partial charge in [-0.15, -0.1) is 0 Å². The molecule has 1 atom stereocenters. The molecule has 0 radical (unpaired) electrons. The summed E-state index contributed by atoms with van der Waals surface area (Å²) in [7, 11) is 1.69. The minimum absolute atomic E-state index is 0.248. The van der Waals surface area contributed by atoms with Crippen molar-refractivity contribution in [1.82, 2.24) is 10.3 Å². The Labute approximate surface area is 109 Å². The molecular formula is C14H24N2O2. The fourth-order valence-electron chi connectivity index (χ4n) is 2.01. The van der Waals surface area contributed by atoms with Gasteiger partial charge in [-0.25, -0.2) is 0 Å². The second-order valence-corrected chi connectivity index (χ2v) is 4.79. The van der Waals surface area contributed by atoms with Crippen LogP contribution in [-0.2, 0) is 6.54 Å². The molecule has 102 valence electrons. The van der Waals surface area contributed by atoms with Gasteiger partial charge in [0.1, 0.15) is 5.75 Å². The van der Waals surface area contributed by atoms with Gasteiger partial charge < -0.3 is 15.2 Å². The molecule has 0 spiro atoms. The normalized spacial score (nSPS) is 12.5. The van der Waals surface area contributed by atoms with Crippen LogP contribution in [0.3, 0.4) is 0 Å². The van der Waals surface area contributed by atoms with E-state index in [0.717, 1.165) is 42.1 Å². The van der Waals surface area contributed by atoms with E-state index in [0.29, 0.717) is 5.92 Å². The summed E-state index contributed by atoms with van der Waals surface area (Å²) >= 11 is 0. The highest BCUT2D eigenvalue weighted by Gasteiger charge is 2.09. The van der Waals surface area contributed by atoms with Gasteiger partial charge in [-0.1, -0.05) is 6.92 Å². The number of aryl methyl sites for hydroxylation is 1. The van der Waals surface area contributed by atoms with Crippen molar-refractivity contribution in [3.63, 3.8) is 0 Å². The molecule has 0 aliphatic carbocycles. The highest BCUT2D eigenvalue weighted by atomic mass is 16.5. The molecule has 0 saturated carbocycles. The summed E-state index contributed by atoms with van der Waals surface area (Å²) in [6.07, 6.45) is 2.68. The van der Waals surface area contributed by atoms with Crippen LogP contribution < -0.4 is 10.1 Å². The van der Waals surface area contributed by atoms with E-state index in [9.17, 15) is 0 Å². The van der Waals surface area contributed by atoms with Crippen molar-refractivity contribution >= 4 is 0 Å². The number of aromatic nitrogens is 1. The second kappa shape index (κ2) is 7.34. The van der Waals surface area contributed by atoms with Gasteiger partial charge in [0.15, 0.2) is 0 Å². The quantitative estimate of drug-likeness (QED) is 0.777. The minimum Gasteiger partial charge on any atom is -0.496 e. The van der Waals surface area contributed by atoms with Crippen molar-refractivity contribution in [2.75, 3.05) is 20.3 Å². The lowest BCUT2D eigenvalue weighted by Gasteiger charge is -2.14. The number of pyridine rings is 1. The molecule has 4 heteroatoms. The Balaban J connectivity index is 2.58. The number of nitrogens with one attached hydrogen (secondary N) is 1. The summed E-state index contributed by atoms with van der Waals surface area (Å²) in [6, 6.07) is 0. The number of hydrogen-bond acceptors (Lipinski definition) is 4. The van der Waals surface area contributed by atoms with Gasteiger partial charge in [-0.3, -0.25) is 4.98 Å². The van der Waals surface area contributed by atoms with Gasteiger partial charge in [0, 0.05) is 30.5 Å². The molecule has 1 rings (SSSR count). The molecule has 0 saturated heterocycles. The van der Waals surface area contributed by atoms with Gasteiger partial charge in [0.2, 0.25) is 0 Å². The minimum atomic E-state index is 0.248. The molecule has 1 aromatic heterocycles. The fraction of sp³-hybridized carbons (Fsp3) is 0.643. The first-order valence-corrected chi connectivity index (χ1v) is 6.40. The molecule has 0 aliphatic heterocycles. The lowest BCUT2D eigenvalue weighted by Crippen LogP contribution is -2.22. The van der Waals surface area contributed by atoms with Crippen LogP contribution in [0.15, 0.2) is 6.20 Å². The lowest BCUT2D eigenvalue weighted by atomic mass is 10.1. The average Bonchev–Trinajstić information content (AvgIpc) is 2.33. The van der Waals surface area contributed by atoms with Gasteiger partial charge in [0.05, 0.1) is 12.8 Å². The van der Waals surface area contributed by atoms with E-state index < -0.39 is 0 Å². The predicted molar refractivity (Wildman–Crippen MR) is 72.8 cm³/mol. The van der Waals surface area contributed by atoms with Gasteiger partial charge in [-0.2, -0.15) is 0 Å². The summed E-state index contributed by atoms with van der Waals surface area (Å²) in [6.45, 7) is 8.03. The Kier molecular flexibility index (Phi) is 6.09. The van der Waals surface area contributed by atoms with Crippen LogP contribution in [0.1, 0.15) is 30.2 Å². The summed E-state index contributed by atoms with van der Waals surface area (Å²) in [4.78, 5) is 4.44. The molecule has 0 fully saturated rings. The first kappa shape index (κ1) is 14.9. The van der Waals surface area contributed by atoms with E-state index >= 15 is 0 Å². The molecular weight excluding hydrogens is 228 g/mol. The number of methoxy groups -OCH3 is 1. The average molecular weight is 252 g/mol. The van der Waals surface area contributed by atoms with Crippen molar-refractivity contribution in [3.8, 4) is 5.75 Å². The zero-order valence-corrected chi connectivity index (χ0v) is 11.8. The lowest BCUT2D eigenvalue weighted by molar-refractivity contribution is 0.260. The topological polar surface area (TPSA) is 54.4 Å². The number of aliphatic hydroxyl groups is 1. The molecule has 1 aromatic rings. The summed E-state index contributed by atoms with van der Waals surface area (Å²) in [5.74, 6) is 1.40. The highest BCUT2D eigenvalue weighted by molar-refractivity contribution is 5.40. The third-order valence-corrected chi connectivity index (χ3v) is 3.16. The van der Waals surface area contributed by atoms with E-state index in [-0.39, 0.29) is 6.61 Å². The predicted octanol–water partition coefficient (Wildman–Crippen LogP) is 1.82. The Hall–Kier alpha value is -1.13.